The number of allylic oxidation sites excluding steroid dienone is 1. The molecule has 1 radical (unpaired) electrons. The summed E-state index contributed by atoms with van der Waals surface area (Å²) < 4.78 is 5.38. The standard InChI is InChI=1S/C10H13OS/c1-2-3-4-5-7-11-10-6-8-12-9-10/h4-6,9H,2-3,7H2,1H3. The van der Waals surface area contributed by atoms with Gasteiger partial charge < -0.3 is 4.74 Å². The molecule has 0 saturated carbocycles. The molecule has 65 valence electrons. The minimum Gasteiger partial charge on any atom is -0.489 e. The zero-order chi connectivity index (χ0) is 8.65. The van der Waals surface area contributed by atoms with Crippen molar-refractivity contribution in [3.8, 4) is 5.75 Å². The molecule has 1 aromatic heterocycles. The smallest absolute Gasteiger partial charge is 0.131 e. The Bertz CT molecular complexity index is 214. The van der Waals surface area contributed by atoms with Crippen molar-refractivity contribution in [2.24, 2.45) is 0 Å². The summed E-state index contributed by atoms with van der Waals surface area (Å²) in [5.74, 6) is 0.918. The van der Waals surface area contributed by atoms with Crippen molar-refractivity contribution in [3.05, 3.63) is 29.0 Å². The molecule has 0 saturated heterocycles. The number of hydrogen-bond acceptors (Lipinski definition) is 2. The molecule has 0 aliphatic heterocycles. The van der Waals surface area contributed by atoms with Crippen molar-refractivity contribution < 1.29 is 4.74 Å². The van der Waals surface area contributed by atoms with E-state index in [1.54, 1.807) is 0 Å². The highest BCUT2D eigenvalue weighted by molar-refractivity contribution is 7.07. The summed E-state index contributed by atoms with van der Waals surface area (Å²) >= 11 is 1.53. The van der Waals surface area contributed by atoms with Gasteiger partial charge in [-0.15, -0.1) is 11.3 Å². The van der Waals surface area contributed by atoms with Gasteiger partial charge in [0.05, 0.1) is 0 Å². The van der Waals surface area contributed by atoms with E-state index in [9.17, 15) is 0 Å². The predicted octanol–water partition coefficient (Wildman–Crippen LogP) is 3.28. The lowest BCUT2D eigenvalue weighted by Gasteiger charge is -1.97. The molecule has 0 N–H and O–H groups in total. The molecule has 0 bridgehead atoms. The molecular weight excluding hydrogens is 168 g/mol. The fourth-order valence-corrected chi connectivity index (χ4v) is 1.30. The quantitative estimate of drug-likeness (QED) is 0.633. The molecule has 0 aliphatic rings. The molecule has 12 heavy (non-hydrogen) atoms. The van der Waals surface area contributed by atoms with Crippen LogP contribution < -0.4 is 4.74 Å². The molecule has 1 rings (SSSR count). The van der Waals surface area contributed by atoms with Crippen molar-refractivity contribution in [1.29, 1.82) is 0 Å². The fraction of sp³-hybridized carbons (Fsp3) is 0.400. The third-order valence-electron chi connectivity index (χ3n) is 1.41. The summed E-state index contributed by atoms with van der Waals surface area (Å²) in [6.45, 7) is 2.84. The SMILES string of the molecule is CCCC=CCOc1c[c]sc1. The summed E-state index contributed by atoms with van der Waals surface area (Å²) in [4.78, 5) is 0. The van der Waals surface area contributed by atoms with Gasteiger partial charge >= 0.3 is 0 Å². The zero-order valence-corrected chi connectivity index (χ0v) is 8.06. The lowest BCUT2D eigenvalue weighted by molar-refractivity contribution is 0.364. The van der Waals surface area contributed by atoms with Crippen LogP contribution in [0.5, 0.6) is 5.75 Å². The number of unbranched alkanes of at least 4 members (excludes halogenated alkanes) is 1. The molecule has 0 fully saturated rings. The first-order valence-corrected chi connectivity index (χ1v) is 5.04. The molecular formula is C10H13OS. The molecule has 0 atom stereocenters. The van der Waals surface area contributed by atoms with Crippen LogP contribution in [0.2, 0.25) is 0 Å². The molecule has 0 unspecified atom stereocenters. The van der Waals surface area contributed by atoms with Crippen molar-refractivity contribution >= 4 is 11.3 Å². The number of ether oxygens (including phenoxy) is 1. The van der Waals surface area contributed by atoms with E-state index in [1.165, 1.54) is 17.8 Å². The first-order valence-electron chi connectivity index (χ1n) is 4.16. The van der Waals surface area contributed by atoms with Crippen LogP contribution in [-0.2, 0) is 0 Å². The molecule has 1 heterocycles. The Morgan fingerprint density at radius 2 is 2.50 bits per heavy atom. The Kier molecular flexibility index (Phi) is 4.54. The van der Waals surface area contributed by atoms with E-state index in [0.717, 1.165) is 12.2 Å². The van der Waals surface area contributed by atoms with Gasteiger partial charge in [-0.25, -0.2) is 0 Å². The van der Waals surface area contributed by atoms with E-state index in [2.05, 4.69) is 24.5 Å². The van der Waals surface area contributed by atoms with Crippen LogP contribution in [-0.4, -0.2) is 6.61 Å². The van der Waals surface area contributed by atoms with Gasteiger partial charge in [-0.2, -0.15) is 0 Å². The van der Waals surface area contributed by atoms with Crippen molar-refractivity contribution in [3.63, 3.8) is 0 Å². The van der Waals surface area contributed by atoms with Gasteiger partial charge in [0.25, 0.3) is 0 Å². The first kappa shape index (κ1) is 9.33. The molecule has 2 heteroatoms. The van der Waals surface area contributed by atoms with Crippen LogP contribution in [0, 0.1) is 5.38 Å². The fourth-order valence-electron chi connectivity index (χ4n) is 0.791. The highest BCUT2D eigenvalue weighted by Gasteiger charge is 1.88. The second-order valence-corrected chi connectivity index (χ2v) is 3.18. The maximum Gasteiger partial charge on any atom is 0.131 e. The monoisotopic (exact) mass is 181 g/mol. The largest absolute Gasteiger partial charge is 0.489 e. The number of thiophene rings is 1. The maximum absolute atomic E-state index is 5.38. The summed E-state index contributed by atoms with van der Waals surface area (Å²) in [6, 6.07) is 1.86. The third kappa shape index (κ3) is 3.58. The van der Waals surface area contributed by atoms with Gasteiger partial charge in [-0.1, -0.05) is 25.5 Å². The lowest BCUT2D eigenvalue weighted by atomic mass is 10.3. The number of hydrogen-bond donors (Lipinski definition) is 0. The Morgan fingerprint density at radius 1 is 1.58 bits per heavy atom. The predicted molar refractivity (Wildman–Crippen MR) is 52.7 cm³/mol. The maximum atomic E-state index is 5.38. The Balaban J connectivity index is 2.11. The highest BCUT2D eigenvalue weighted by atomic mass is 32.1. The molecule has 1 nitrogen and oxygen atoms in total. The summed E-state index contributed by atoms with van der Waals surface area (Å²) in [6.07, 6.45) is 6.54. The van der Waals surface area contributed by atoms with Gasteiger partial charge in [-0.3, -0.25) is 0 Å². The van der Waals surface area contributed by atoms with Crippen LogP contribution in [0.25, 0.3) is 0 Å². The van der Waals surface area contributed by atoms with Gasteiger partial charge in [0.1, 0.15) is 12.4 Å². The molecule has 1 aromatic rings. The molecule has 0 aromatic carbocycles. The normalized spacial score (nSPS) is 10.8. The summed E-state index contributed by atoms with van der Waals surface area (Å²) in [7, 11) is 0. The average Bonchev–Trinajstić information content (AvgIpc) is 2.57. The van der Waals surface area contributed by atoms with Crippen LogP contribution in [0.3, 0.4) is 0 Å². The third-order valence-corrected chi connectivity index (χ3v) is 2.02. The Hall–Kier alpha value is -0.760. The van der Waals surface area contributed by atoms with Gasteiger partial charge in [0.15, 0.2) is 0 Å². The lowest BCUT2D eigenvalue weighted by Crippen LogP contribution is -1.90. The van der Waals surface area contributed by atoms with Crippen LogP contribution in [0.1, 0.15) is 19.8 Å². The second-order valence-electron chi connectivity index (χ2n) is 2.47. The van der Waals surface area contributed by atoms with Crippen molar-refractivity contribution in [1.82, 2.24) is 0 Å². The van der Waals surface area contributed by atoms with E-state index >= 15 is 0 Å². The van der Waals surface area contributed by atoms with E-state index in [1.807, 2.05) is 11.4 Å². The molecule has 0 spiro atoms. The van der Waals surface area contributed by atoms with Crippen LogP contribution in [0.4, 0.5) is 0 Å². The van der Waals surface area contributed by atoms with E-state index in [0.29, 0.717) is 6.61 Å². The zero-order valence-electron chi connectivity index (χ0n) is 7.25. The van der Waals surface area contributed by atoms with E-state index < -0.39 is 0 Å². The van der Waals surface area contributed by atoms with Crippen LogP contribution >= 0.6 is 11.3 Å². The molecule has 0 amide bonds. The summed E-state index contributed by atoms with van der Waals surface area (Å²) in [5.41, 5.74) is 0. The molecule has 0 aliphatic carbocycles. The Labute approximate surface area is 77.7 Å². The topological polar surface area (TPSA) is 9.23 Å². The van der Waals surface area contributed by atoms with Crippen LogP contribution in [0.15, 0.2) is 23.6 Å². The minimum atomic E-state index is 0.671. The van der Waals surface area contributed by atoms with Gasteiger partial charge in [-0.05, 0) is 12.5 Å². The minimum absolute atomic E-state index is 0.671. The van der Waals surface area contributed by atoms with E-state index in [4.69, 9.17) is 4.74 Å². The van der Waals surface area contributed by atoms with E-state index in [-0.39, 0.29) is 0 Å². The Morgan fingerprint density at radius 3 is 3.17 bits per heavy atom. The number of rotatable bonds is 5. The van der Waals surface area contributed by atoms with Gasteiger partial charge in [0, 0.05) is 10.8 Å². The van der Waals surface area contributed by atoms with Crippen molar-refractivity contribution in [2.45, 2.75) is 19.8 Å². The van der Waals surface area contributed by atoms with Gasteiger partial charge in [0.2, 0.25) is 0 Å². The van der Waals surface area contributed by atoms with Crippen molar-refractivity contribution in [2.75, 3.05) is 6.61 Å². The summed E-state index contributed by atoms with van der Waals surface area (Å²) in [5, 5.41) is 4.93. The second kappa shape index (κ2) is 5.84. The average molecular weight is 181 g/mol. The first-order chi connectivity index (χ1) is 5.93. The highest BCUT2D eigenvalue weighted by Crippen LogP contribution is 2.13.